The van der Waals surface area contributed by atoms with Gasteiger partial charge in [0.05, 0.1) is 11.4 Å². The standard InChI is InChI=1S/C66H78N4O4/c1-61(2,3)41-19-27-45(28-20-41)69(46-29-21-42(22-30-46)62(4,5)6)49-35-37-51(53(39-49)67-59(73)65(13,14)15)55-57(71)56(58(55)72)52-38-36-50(40-54(52)68-60(74)66(16,17)18)70(47-31-23-43(24-32-47)63(7,8)9)48-33-25-44(26-34-48)64(10,11)12/h19-40H,1-18H3,(H2,67,68,71,72,73,74). The molecule has 5 aromatic carbocycles. The molecule has 2 N–H and O–H groups in total. The lowest BCUT2D eigenvalue weighted by molar-refractivity contribution is -0.297. The number of nitrogens with zero attached hydrogens (tertiary/aromatic N) is 2. The summed E-state index contributed by atoms with van der Waals surface area (Å²) in [7, 11) is 0. The van der Waals surface area contributed by atoms with E-state index < -0.39 is 22.4 Å². The molecular weight excluding hydrogens is 913 g/mol. The molecule has 0 radical (unpaired) electrons. The molecule has 0 fully saturated rings. The molecule has 2 aliphatic carbocycles. The number of carbonyl (C=O) groups is 3. The first-order chi connectivity index (χ1) is 34.1. The first-order valence-electron chi connectivity index (χ1n) is 25.9. The first-order valence-corrected chi connectivity index (χ1v) is 25.9. The number of carbonyl (C=O) groups excluding carboxylic acids is 3. The van der Waals surface area contributed by atoms with Gasteiger partial charge in [-0.3, -0.25) is 14.4 Å². The lowest BCUT2D eigenvalue weighted by Gasteiger charge is -2.35. The van der Waals surface area contributed by atoms with Gasteiger partial charge in [-0.1, -0.05) is 185 Å². The van der Waals surface area contributed by atoms with Crippen molar-refractivity contribution in [2.75, 3.05) is 10.2 Å². The van der Waals surface area contributed by atoms with Crippen LogP contribution < -0.4 is 25.2 Å². The van der Waals surface area contributed by atoms with Crippen LogP contribution in [0.4, 0.5) is 34.1 Å². The normalized spacial score (nSPS) is 15.7. The Hall–Kier alpha value is -7.06. The summed E-state index contributed by atoms with van der Waals surface area (Å²) in [6.07, 6.45) is 5.50. The molecule has 0 spiro atoms. The van der Waals surface area contributed by atoms with Crippen molar-refractivity contribution in [1.82, 2.24) is 9.89 Å². The van der Waals surface area contributed by atoms with Gasteiger partial charge < -0.3 is 20.6 Å². The third-order valence-corrected chi connectivity index (χ3v) is 13.8. The second-order valence-electron chi connectivity index (χ2n) is 26.1. The fraction of sp³-hybridized carbons (Fsp3) is 0.364. The number of hydrogen-bond donors (Lipinski definition) is 2. The van der Waals surface area contributed by atoms with Gasteiger partial charge in [0.1, 0.15) is 0 Å². The Morgan fingerprint density at radius 3 is 1.23 bits per heavy atom. The molecule has 2 aliphatic rings. The minimum Gasteiger partial charge on any atom is -0.871 e. The summed E-state index contributed by atoms with van der Waals surface area (Å²) in [4.78, 5) is 44.9. The molecule has 8 nitrogen and oxygen atoms in total. The van der Waals surface area contributed by atoms with Gasteiger partial charge in [-0.05, 0) is 86.4 Å². The van der Waals surface area contributed by atoms with Gasteiger partial charge in [0.15, 0.2) is 5.78 Å². The molecule has 0 heterocycles. The van der Waals surface area contributed by atoms with Crippen LogP contribution in [0, 0.1) is 10.8 Å². The fourth-order valence-electron chi connectivity index (χ4n) is 8.82. The van der Waals surface area contributed by atoms with E-state index in [0.717, 1.165) is 34.1 Å². The highest BCUT2D eigenvalue weighted by Crippen LogP contribution is 2.45. The Bertz CT molecular complexity index is 3040. The van der Waals surface area contributed by atoms with Gasteiger partial charge >= 0.3 is 0 Å². The van der Waals surface area contributed by atoms with E-state index in [9.17, 15) is 19.5 Å². The van der Waals surface area contributed by atoms with Crippen molar-refractivity contribution in [1.29, 1.82) is 0 Å². The van der Waals surface area contributed by atoms with Crippen LogP contribution in [0.15, 0.2) is 156 Å². The topological polar surface area (TPSA) is 105 Å². The summed E-state index contributed by atoms with van der Waals surface area (Å²) in [5, 5.41) is 21.1. The highest BCUT2D eigenvalue weighted by atomic mass is 16.3. The zero-order valence-electron chi connectivity index (χ0n) is 47.2. The highest BCUT2D eigenvalue weighted by Gasteiger charge is 2.37. The first kappa shape index (κ1) is 54.7. The maximum atomic E-state index is 14.9. The Kier molecular flexibility index (Phi) is 14.5. The van der Waals surface area contributed by atoms with Crippen molar-refractivity contribution in [2.24, 2.45) is 10.8 Å². The molecule has 0 aromatic heterocycles. The number of nitrogens with one attached hydrogen (secondary N) is 2. The lowest BCUT2D eigenvalue weighted by atomic mass is 9.78. The summed E-state index contributed by atoms with van der Waals surface area (Å²) in [5.41, 5.74) is 9.20. The Balaban J connectivity index is 1.41. The predicted octanol–water partition coefficient (Wildman–Crippen LogP) is 14.9. The van der Waals surface area contributed by atoms with Gasteiger partial charge in [0, 0.05) is 86.6 Å². The molecule has 74 heavy (non-hydrogen) atoms. The second-order valence-corrected chi connectivity index (χ2v) is 26.1. The van der Waals surface area contributed by atoms with Crippen LogP contribution in [0.3, 0.4) is 0 Å². The van der Waals surface area contributed by atoms with E-state index in [1.165, 1.54) is 22.3 Å². The van der Waals surface area contributed by atoms with Crippen LogP contribution in [0.2, 0.25) is 0 Å². The summed E-state index contributed by atoms with van der Waals surface area (Å²) in [6.45, 7) is 37.2. The van der Waals surface area contributed by atoms with Crippen LogP contribution in [-0.4, -0.2) is 23.3 Å². The molecule has 2 amide bonds. The fourth-order valence-corrected chi connectivity index (χ4v) is 8.82. The number of Topliss-reactive ketones (excluding diaryl/α,β-unsaturated/α-hetero) is 1. The molecule has 7 rings (SSSR count). The van der Waals surface area contributed by atoms with Crippen molar-refractivity contribution < 1.29 is 19.5 Å². The molecular formula is C66H78N4O4. The Morgan fingerprint density at radius 1 is 0.473 bits per heavy atom. The number of allylic oxidation sites excluding steroid dienone is 5. The van der Waals surface area contributed by atoms with E-state index in [1.807, 2.05) is 65.8 Å². The Morgan fingerprint density at radius 2 is 0.851 bits per heavy atom. The Labute approximate surface area is 441 Å². The molecule has 8 heteroatoms. The molecule has 0 unspecified atom stereocenters. The summed E-state index contributed by atoms with van der Waals surface area (Å²) in [5.74, 6) is -1.51. The predicted molar refractivity (Wildman–Crippen MR) is 307 cm³/mol. The van der Waals surface area contributed by atoms with Crippen molar-refractivity contribution >= 4 is 63.0 Å². The minimum absolute atomic E-state index is 0.0388. The number of rotatable bonds is 8. The molecule has 0 bridgehead atoms. The van der Waals surface area contributed by atoms with Gasteiger partial charge in [-0.25, -0.2) is 0 Å². The average Bonchev–Trinajstić information content (AvgIpc) is 3.29. The largest absolute Gasteiger partial charge is 0.871 e. The maximum absolute atomic E-state index is 14.9. The van der Waals surface area contributed by atoms with Gasteiger partial charge in [0.25, 0.3) is 0 Å². The number of amides is 2. The molecule has 386 valence electrons. The summed E-state index contributed by atoms with van der Waals surface area (Å²) in [6, 6.07) is 39.4. The number of ketones is 1. The average molecular weight is 991 g/mol. The van der Waals surface area contributed by atoms with E-state index in [4.69, 9.17) is 0 Å². The highest BCUT2D eigenvalue weighted by molar-refractivity contribution is 6.40. The van der Waals surface area contributed by atoms with Gasteiger partial charge in [0.2, 0.25) is 28.9 Å². The van der Waals surface area contributed by atoms with Crippen LogP contribution in [0.1, 0.15) is 152 Å². The quantitative estimate of drug-likeness (QED) is 0.119. The van der Waals surface area contributed by atoms with E-state index in [-0.39, 0.29) is 44.6 Å². The maximum Gasteiger partial charge on any atom is 0.229 e. The van der Waals surface area contributed by atoms with E-state index in [1.54, 1.807) is 12.1 Å². The third-order valence-electron chi connectivity index (χ3n) is 13.8. The van der Waals surface area contributed by atoms with Crippen molar-refractivity contribution in [2.45, 2.75) is 146 Å². The van der Waals surface area contributed by atoms with Gasteiger partial charge in [-0.15, -0.1) is 0 Å². The molecule has 0 saturated carbocycles. The van der Waals surface area contributed by atoms with E-state index in [2.05, 4.69) is 200 Å². The molecule has 0 atom stereocenters. The van der Waals surface area contributed by atoms with Crippen LogP contribution in [0.25, 0.3) is 5.57 Å². The van der Waals surface area contributed by atoms with Crippen molar-refractivity contribution in [3.05, 3.63) is 184 Å². The second kappa shape index (κ2) is 19.7. The van der Waals surface area contributed by atoms with E-state index in [0.29, 0.717) is 22.5 Å². The van der Waals surface area contributed by atoms with Crippen molar-refractivity contribution in [3.8, 4) is 0 Å². The van der Waals surface area contributed by atoms with Gasteiger partial charge in [-0.2, -0.15) is 4.58 Å². The SMILES string of the molecule is CC(C)(C)C(=O)NC1=CC(=[N+](c2ccc(C(C)(C)C)cc2)c2ccc(C(C)(C)C)cc2)C=CC1=C1C(=O)C(c2ccc(N(c3ccc(C(C)(C)C)cc3)c3ccc(C(C)(C)C)cc3)cc2NC(=O)C(C)(C)C)=C1[O-]. The number of anilines is 4. The lowest BCUT2D eigenvalue weighted by Crippen LogP contribution is -2.38. The van der Waals surface area contributed by atoms with Crippen LogP contribution >= 0.6 is 0 Å². The van der Waals surface area contributed by atoms with Crippen molar-refractivity contribution in [3.63, 3.8) is 0 Å². The zero-order chi connectivity index (χ0) is 54.7. The molecule has 0 aliphatic heterocycles. The molecule has 0 saturated heterocycles. The monoisotopic (exact) mass is 991 g/mol. The summed E-state index contributed by atoms with van der Waals surface area (Å²) >= 11 is 0. The van der Waals surface area contributed by atoms with Crippen LogP contribution in [0.5, 0.6) is 0 Å². The van der Waals surface area contributed by atoms with Crippen LogP contribution in [-0.2, 0) is 36.0 Å². The smallest absolute Gasteiger partial charge is 0.229 e. The van der Waals surface area contributed by atoms with E-state index >= 15 is 0 Å². The zero-order valence-corrected chi connectivity index (χ0v) is 47.2. The summed E-state index contributed by atoms with van der Waals surface area (Å²) < 4.78 is 2.12. The third kappa shape index (κ3) is 11.7. The minimum atomic E-state index is -0.798. The number of hydrogen-bond acceptors (Lipinski definition) is 5. The molecule has 5 aromatic rings. The number of benzene rings is 5.